The van der Waals surface area contributed by atoms with E-state index in [1.54, 1.807) is 12.3 Å². The van der Waals surface area contributed by atoms with E-state index >= 15 is 0 Å². The minimum Gasteiger partial charge on any atom is -0.489 e. The molecule has 53 valence electrons. The van der Waals surface area contributed by atoms with Crippen molar-refractivity contribution >= 4 is 0 Å². The maximum absolute atomic E-state index is 5.26. The van der Waals surface area contributed by atoms with Gasteiger partial charge < -0.3 is 4.74 Å². The van der Waals surface area contributed by atoms with Gasteiger partial charge in [-0.25, -0.2) is 0 Å². The third-order valence-electron chi connectivity index (χ3n) is 0.873. The maximum atomic E-state index is 5.26. The van der Waals surface area contributed by atoms with Crippen LogP contribution < -0.4 is 4.74 Å². The maximum Gasteiger partial charge on any atom is 0.159 e. The number of hydrogen-bond donors (Lipinski definition) is 0. The molecule has 1 rings (SSSR count). The van der Waals surface area contributed by atoms with Crippen LogP contribution in [0.3, 0.4) is 0 Å². The smallest absolute Gasteiger partial charge is 0.159 e. The molecule has 1 radical (unpaired) electrons. The quantitative estimate of drug-likeness (QED) is 0.611. The van der Waals surface area contributed by atoms with Crippen LogP contribution in [0.2, 0.25) is 0 Å². The molecule has 0 fully saturated rings. The van der Waals surface area contributed by atoms with Crippen molar-refractivity contribution in [2.24, 2.45) is 0 Å². The van der Waals surface area contributed by atoms with Gasteiger partial charge in [-0.2, -0.15) is 5.10 Å². The van der Waals surface area contributed by atoms with Gasteiger partial charge in [0.2, 0.25) is 0 Å². The van der Waals surface area contributed by atoms with Crippen LogP contribution in [0.4, 0.5) is 0 Å². The van der Waals surface area contributed by atoms with Crippen molar-refractivity contribution in [3.8, 4) is 5.75 Å². The Morgan fingerprint density at radius 2 is 2.40 bits per heavy atom. The van der Waals surface area contributed by atoms with Gasteiger partial charge in [-0.05, 0) is 13.8 Å². The molecule has 0 saturated heterocycles. The largest absolute Gasteiger partial charge is 0.489 e. The first kappa shape index (κ1) is 6.99. The van der Waals surface area contributed by atoms with Gasteiger partial charge in [-0.1, -0.05) is 0 Å². The molecule has 0 amide bonds. The minimum atomic E-state index is 0.167. The summed E-state index contributed by atoms with van der Waals surface area (Å²) in [5.41, 5.74) is 0. The van der Waals surface area contributed by atoms with Gasteiger partial charge in [-0.15, -0.1) is 5.10 Å². The first-order valence-electron chi connectivity index (χ1n) is 3.15. The lowest BCUT2D eigenvalue weighted by atomic mass is 10.4. The molecule has 0 atom stereocenters. The molecule has 1 aromatic heterocycles. The van der Waals surface area contributed by atoms with E-state index in [0.29, 0.717) is 5.75 Å². The van der Waals surface area contributed by atoms with Crippen molar-refractivity contribution in [1.29, 1.82) is 0 Å². The van der Waals surface area contributed by atoms with Gasteiger partial charge in [0.05, 0.1) is 12.3 Å². The van der Waals surface area contributed by atoms with Crippen molar-refractivity contribution in [3.05, 3.63) is 18.5 Å². The Hall–Kier alpha value is -1.12. The number of nitrogens with zero attached hydrogens (tertiary/aromatic N) is 2. The third kappa shape index (κ3) is 2.01. The summed E-state index contributed by atoms with van der Waals surface area (Å²) in [4.78, 5) is 0. The molecule has 0 aliphatic heterocycles. The summed E-state index contributed by atoms with van der Waals surface area (Å²) in [7, 11) is 0. The molecular formula is C7H9N2O. The second-order valence-corrected chi connectivity index (χ2v) is 2.17. The molecule has 3 nitrogen and oxygen atoms in total. The van der Waals surface area contributed by atoms with E-state index in [2.05, 4.69) is 16.4 Å². The summed E-state index contributed by atoms with van der Waals surface area (Å²) in [6.45, 7) is 3.91. The Balaban J connectivity index is 2.59. The average molecular weight is 137 g/mol. The van der Waals surface area contributed by atoms with E-state index in [1.165, 1.54) is 0 Å². The van der Waals surface area contributed by atoms with Crippen molar-refractivity contribution in [3.63, 3.8) is 0 Å². The summed E-state index contributed by atoms with van der Waals surface area (Å²) < 4.78 is 5.26. The van der Waals surface area contributed by atoms with Crippen LogP contribution >= 0.6 is 0 Å². The molecule has 0 saturated carbocycles. The number of rotatable bonds is 2. The van der Waals surface area contributed by atoms with Crippen LogP contribution in [0.1, 0.15) is 13.8 Å². The summed E-state index contributed by atoms with van der Waals surface area (Å²) in [6.07, 6.45) is 4.36. The molecule has 10 heavy (non-hydrogen) atoms. The van der Waals surface area contributed by atoms with E-state index < -0.39 is 0 Å². The number of ether oxygens (including phenoxy) is 1. The van der Waals surface area contributed by atoms with Crippen LogP contribution in [-0.4, -0.2) is 16.3 Å². The lowest BCUT2D eigenvalue weighted by molar-refractivity contribution is 0.240. The molecule has 1 aromatic rings. The SMILES string of the molecule is CC(C)Oc1[c]nncc1. The second-order valence-electron chi connectivity index (χ2n) is 2.17. The van der Waals surface area contributed by atoms with E-state index in [0.717, 1.165) is 0 Å². The van der Waals surface area contributed by atoms with Crippen molar-refractivity contribution < 1.29 is 4.74 Å². The van der Waals surface area contributed by atoms with E-state index in [1.807, 2.05) is 13.8 Å². The van der Waals surface area contributed by atoms with Crippen LogP contribution in [-0.2, 0) is 0 Å². The standard InChI is InChI=1S/C7H9N2O/c1-6(2)10-7-3-4-8-9-5-7/h3-4,6H,1-2H3. The normalized spacial score (nSPS) is 9.90. The predicted octanol–water partition coefficient (Wildman–Crippen LogP) is 1.06. The van der Waals surface area contributed by atoms with Crippen molar-refractivity contribution in [2.45, 2.75) is 20.0 Å². The Morgan fingerprint density at radius 3 is 2.90 bits per heavy atom. The number of aromatic nitrogens is 2. The van der Waals surface area contributed by atoms with E-state index in [4.69, 9.17) is 4.74 Å². The highest BCUT2D eigenvalue weighted by Gasteiger charge is 1.95. The molecule has 1 heterocycles. The Kier molecular flexibility index (Phi) is 2.20. The Morgan fingerprint density at radius 1 is 1.60 bits per heavy atom. The zero-order valence-electron chi connectivity index (χ0n) is 6.03. The fraction of sp³-hybridized carbons (Fsp3) is 0.429. The first-order valence-corrected chi connectivity index (χ1v) is 3.15. The van der Waals surface area contributed by atoms with Crippen molar-refractivity contribution in [1.82, 2.24) is 10.2 Å². The van der Waals surface area contributed by atoms with E-state index in [9.17, 15) is 0 Å². The lowest BCUT2D eigenvalue weighted by Gasteiger charge is -2.06. The molecule has 0 spiro atoms. The average Bonchev–Trinajstić information content (AvgIpc) is 1.88. The lowest BCUT2D eigenvalue weighted by Crippen LogP contribution is -2.05. The van der Waals surface area contributed by atoms with Gasteiger partial charge in [-0.3, -0.25) is 0 Å². The number of hydrogen-bond acceptors (Lipinski definition) is 3. The highest BCUT2D eigenvalue weighted by molar-refractivity contribution is 5.11. The molecule has 0 aliphatic carbocycles. The fourth-order valence-corrected chi connectivity index (χ4v) is 0.569. The predicted molar refractivity (Wildman–Crippen MR) is 36.6 cm³/mol. The topological polar surface area (TPSA) is 35.0 Å². The monoisotopic (exact) mass is 137 g/mol. The van der Waals surface area contributed by atoms with Gasteiger partial charge in [0.25, 0.3) is 0 Å². The highest BCUT2D eigenvalue weighted by atomic mass is 16.5. The highest BCUT2D eigenvalue weighted by Crippen LogP contribution is 2.05. The molecule has 3 heteroatoms. The molecule has 0 unspecified atom stereocenters. The van der Waals surface area contributed by atoms with Gasteiger partial charge in [0.1, 0.15) is 0 Å². The zero-order valence-corrected chi connectivity index (χ0v) is 6.03. The first-order chi connectivity index (χ1) is 4.79. The molecule has 0 N–H and O–H groups in total. The summed E-state index contributed by atoms with van der Waals surface area (Å²) >= 11 is 0. The summed E-state index contributed by atoms with van der Waals surface area (Å²) in [5, 5.41) is 7.10. The fourth-order valence-electron chi connectivity index (χ4n) is 0.569. The minimum absolute atomic E-state index is 0.167. The molecule has 0 aliphatic rings. The Bertz CT molecular complexity index is 186. The summed E-state index contributed by atoms with van der Waals surface area (Å²) in [5.74, 6) is 0.644. The van der Waals surface area contributed by atoms with Crippen LogP contribution in [0.5, 0.6) is 5.75 Å². The molecular weight excluding hydrogens is 128 g/mol. The Labute approximate surface area is 60.0 Å². The molecule has 0 aromatic carbocycles. The van der Waals surface area contributed by atoms with Crippen molar-refractivity contribution in [2.75, 3.05) is 0 Å². The van der Waals surface area contributed by atoms with Gasteiger partial charge in [0.15, 0.2) is 11.9 Å². The third-order valence-corrected chi connectivity index (χ3v) is 0.873. The van der Waals surface area contributed by atoms with Gasteiger partial charge in [0, 0.05) is 6.07 Å². The molecule has 0 bridgehead atoms. The van der Waals surface area contributed by atoms with Crippen LogP contribution in [0, 0.1) is 6.20 Å². The van der Waals surface area contributed by atoms with Crippen LogP contribution in [0.25, 0.3) is 0 Å². The van der Waals surface area contributed by atoms with E-state index in [-0.39, 0.29) is 6.10 Å². The zero-order chi connectivity index (χ0) is 7.40. The van der Waals surface area contributed by atoms with Gasteiger partial charge >= 0.3 is 0 Å². The summed E-state index contributed by atoms with van der Waals surface area (Å²) in [6, 6.07) is 1.73. The second kappa shape index (κ2) is 3.15. The van der Waals surface area contributed by atoms with Crippen LogP contribution in [0.15, 0.2) is 12.3 Å².